The Morgan fingerprint density at radius 2 is 1.55 bits per heavy atom. The van der Waals surface area contributed by atoms with Gasteiger partial charge in [0, 0.05) is 37.3 Å². The van der Waals surface area contributed by atoms with Crippen LogP contribution in [0.15, 0.2) is 64.3 Å². The van der Waals surface area contributed by atoms with Crippen molar-refractivity contribution in [1.29, 1.82) is 0 Å². The molecule has 7 nitrogen and oxygen atoms in total. The molecule has 2 heterocycles. The van der Waals surface area contributed by atoms with E-state index < -0.39 is 10.0 Å². The van der Waals surface area contributed by atoms with Crippen LogP contribution in [0.1, 0.15) is 11.1 Å². The van der Waals surface area contributed by atoms with Crippen molar-refractivity contribution >= 4 is 27.4 Å². The van der Waals surface area contributed by atoms with Gasteiger partial charge in [-0.2, -0.15) is 8.99 Å². The predicted molar refractivity (Wildman–Crippen MR) is 122 cm³/mol. The fraction of sp³-hybridized carbons (Fsp3) is 0.273. The van der Waals surface area contributed by atoms with E-state index in [-0.39, 0.29) is 5.56 Å². The Balaban J connectivity index is 1.52. The molecule has 0 atom stereocenters. The first-order valence-electron chi connectivity index (χ1n) is 9.94. The number of hydrogen-bond acceptors (Lipinski definition) is 5. The van der Waals surface area contributed by atoms with Crippen molar-refractivity contribution in [3.63, 3.8) is 0 Å². The molecule has 0 aliphatic carbocycles. The van der Waals surface area contributed by atoms with Gasteiger partial charge in [0.2, 0.25) is 10.0 Å². The third-order valence-corrected chi connectivity index (χ3v) is 7.68. The van der Waals surface area contributed by atoms with Crippen molar-refractivity contribution in [2.75, 3.05) is 31.1 Å². The predicted octanol–water partition coefficient (Wildman–Crippen LogP) is 3.01. The zero-order chi connectivity index (χ0) is 22.2. The molecule has 1 saturated heterocycles. The lowest BCUT2D eigenvalue weighted by Crippen LogP contribution is -2.49. The zero-order valence-corrected chi connectivity index (χ0v) is 18.9. The van der Waals surface area contributed by atoms with Crippen LogP contribution >= 0.6 is 11.6 Å². The second-order valence-corrected chi connectivity index (χ2v) is 9.93. The van der Waals surface area contributed by atoms with Crippen LogP contribution in [-0.2, 0) is 10.0 Å². The Morgan fingerprint density at radius 1 is 0.871 bits per heavy atom. The van der Waals surface area contributed by atoms with E-state index in [1.807, 2.05) is 24.8 Å². The van der Waals surface area contributed by atoms with Crippen LogP contribution in [0.25, 0.3) is 5.69 Å². The fourth-order valence-electron chi connectivity index (χ4n) is 3.52. The Bertz CT molecular complexity index is 1260. The van der Waals surface area contributed by atoms with Crippen molar-refractivity contribution in [3.8, 4) is 5.69 Å². The highest BCUT2D eigenvalue weighted by Gasteiger charge is 2.29. The molecule has 162 valence electrons. The summed E-state index contributed by atoms with van der Waals surface area (Å²) in [7, 11) is -3.55. The summed E-state index contributed by atoms with van der Waals surface area (Å²) in [5, 5.41) is 5.06. The number of benzene rings is 2. The van der Waals surface area contributed by atoms with Crippen molar-refractivity contribution in [1.82, 2.24) is 14.1 Å². The molecular weight excluding hydrogens is 436 g/mol. The maximum atomic E-state index is 13.0. The monoisotopic (exact) mass is 458 g/mol. The second-order valence-electron chi connectivity index (χ2n) is 7.56. The minimum absolute atomic E-state index is 0.248. The van der Waals surface area contributed by atoms with Crippen LogP contribution < -0.4 is 10.5 Å². The Kier molecular flexibility index (Phi) is 5.88. The number of rotatable bonds is 4. The van der Waals surface area contributed by atoms with Gasteiger partial charge in [-0.1, -0.05) is 17.7 Å². The van der Waals surface area contributed by atoms with E-state index in [9.17, 15) is 13.2 Å². The van der Waals surface area contributed by atoms with Crippen molar-refractivity contribution < 1.29 is 8.42 Å². The normalized spacial score (nSPS) is 15.3. The summed E-state index contributed by atoms with van der Waals surface area (Å²) in [5.74, 6) is 0.623. The van der Waals surface area contributed by atoms with Gasteiger partial charge in [-0.15, -0.1) is 5.10 Å². The fourth-order valence-corrected chi connectivity index (χ4v) is 5.15. The van der Waals surface area contributed by atoms with Crippen molar-refractivity contribution in [2.45, 2.75) is 18.7 Å². The van der Waals surface area contributed by atoms with Gasteiger partial charge in [-0.05, 0) is 67.4 Å². The molecule has 9 heteroatoms. The van der Waals surface area contributed by atoms with Crippen LogP contribution in [0.3, 0.4) is 0 Å². The van der Waals surface area contributed by atoms with E-state index in [1.165, 1.54) is 15.1 Å². The molecule has 1 aliphatic heterocycles. The first kappa shape index (κ1) is 21.5. The van der Waals surface area contributed by atoms with Crippen LogP contribution in [-0.4, -0.2) is 48.7 Å². The molecule has 4 rings (SSSR count). The smallest absolute Gasteiger partial charge is 0.271 e. The SMILES string of the molecule is Cc1ccc(S(=O)(=O)N2CCN(c3ccc(=O)n(-c4ccc(Cl)cc4)n3)CC2)cc1C. The number of hydrogen-bond donors (Lipinski definition) is 0. The van der Waals surface area contributed by atoms with Gasteiger partial charge >= 0.3 is 0 Å². The lowest BCUT2D eigenvalue weighted by Gasteiger charge is -2.34. The van der Waals surface area contributed by atoms with Crippen molar-refractivity contribution in [3.05, 3.63) is 81.1 Å². The van der Waals surface area contributed by atoms with Crippen LogP contribution in [0.2, 0.25) is 5.02 Å². The molecular formula is C22H23ClN4O3S. The van der Waals surface area contributed by atoms with E-state index in [0.29, 0.717) is 47.6 Å². The van der Waals surface area contributed by atoms with E-state index >= 15 is 0 Å². The molecule has 0 saturated carbocycles. The first-order valence-corrected chi connectivity index (χ1v) is 11.8. The van der Waals surface area contributed by atoms with Crippen molar-refractivity contribution in [2.24, 2.45) is 0 Å². The largest absolute Gasteiger partial charge is 0.353 e. The van der Waals surface area contributed by atoms with Gasteiger partial charge in [-0.3, -0.25) is 4.79 Å². The quantitative estimate of drug-likeness (QED) is 0.600. The number of anilines is 1. The van der Waals surface area contributed by atoms with E-state index in [1.54, 1.807) is 42.5 Å². The molecule has 1 fully saturated rings. The van der Waals surface area contributed by atoms with Gasteiger partial charge in [0.05, 0.1) is 10.6 Å². The van der Waals surface area contributed by atoms with E-state index in [0.717, 1.165) is 11.1 Å². The van der Waals surface area contributed by atoms with Crippen LogP contribution in [0.5, 0.6) is 0 Å². The average molecular weight is 459 g/mol. The number of aromatic nitrogens is 2. The van der Waals surface area contributed by atoms with Gasteiger partial charge in [0.25, 0.3) is 5.56 Å². The minimum Gasteiger partial charge on any atom is -0.353 e. The summed E-state index contributed by atoms with van der Waals surface area (Å²) in [5.41, 5.74) is 2.38. The molecule has 0 bridgehead atoms. The molecule has 3 aromatic rings. The number of piperazine rings is 1. The highest BCUT2D eigenvalue weighted by molar-refractivity contribution is 7.89. The van der Waals surface area contributed by atoms with Crippen LogP contribution in [0.4, 0.5) is 5.82 Å². The highest BCUT2D eigenvalue weighted by atomic mass is 35.5. The summed E-state index contributed by atoms with van der Waals surface area (Å²) >= 11 is 5.93. The maximum Gasteiger partial charge on any atom is 0.271 e. The molecule has 1 aliphatic rings. The van der Waals surface area contributed by atoms with Gasteiger partial charge in [0.1, 0.15) is 5.82 Å². The van der Waals surface area contributed by atoms with Gasteiger partial charge < -0.3 is 4.90 Å². The molecule has 0 unspecified atom stereocenters. The van der Waals surface area contributed by atoms with Gasteiger partial charge in [0.15, 0.2) is 0 Å². The summed E-state index contributed by atoms with van der Waals surface area (Å²) in [6.45, 7) is 5.52. The molecule has 0 radical (unpaired) electrons. The summed E-state index contributed by atoms with van der Waals surface area (Å²) in [6.07, 6.45) is 0. The highest BCUT2D eigenvalue weighted by Crippen LogP contribution is 2.22. The summed E-state index contributed by atoms with van der Waals surface area (Å²) < 4.78 is 28.9. The Hall–Kier alpha value is -2.68. The topological polar surface area (TPSA) is 75.5 Å². The lowest BCUT2D eigenvalue weighted by molar-refractivity contribution is 0.383. The molecule has 1 aromatic heterocycles. The molecule has 0 amide bonds. The first-order chi connectivity index (χ1) is 14.8. The third kappa shape index (κ3) is 4.37. The number of halogens is 1. The molecule has 0 spiro atoms. The zero-order valence-electron chi connectivity index (χ0n) is 17.3. The number of aryl methyl sites for hydroxylation is 2. The molecule has 31 heavy (non-hydrogen) atoms. The van der Waals surface area contributed by atoms with E-state index in [2.05, 4.69) is 5.10 Å². The molecule has 0 N–H and O–H groups in total. The van der Waals surface area contributed by atoms with Gasteiger partial charge in [-0.25, -0.2) is 8.42 Å². The van der Waals surface area contributed by atoms with E-state index in [4.69, 9.17) is 11.6 Å². The van der Waals surface area contributed by atoms with Crippen LogP contribution in [0, 0.1) is 13.8 Å². The lowest BCUT2D eigenvalue weighted by atomic mass is 10.1. The standard InChI is InChI=1S/C22H23ClN4O3S/c1-16-3-8-20(15-17(16)2)31(29,30)26-13-11-25(12-14-26)21-9-10-22(28)27(24-21)19-6-4-18(23)5-7-19/h3-10,15H,11-14H2,1-2H3. The minimum atomic E-state index is -3.55. The second kappa shape index (κ2) is 8.45. The number of nitrogens with zero attached hydrogens (tertiary/aromatic N) is 4. The maximum absolute atomic E-state index is 13.0. The average Bonchev–Trinajstić information content (AvgIpc) is 2.77. The Morgan fingerprint density at radius 3 is 2.19 bits per heavy atom. The summed E-state index contributed by atoms with van der Waals surface area (Å²) in [6, 6.07) is 15.2. The molecule has 2 aromatic carbocycles. The third-order valence-electron chi connectivity index (χ3n) is 5.54. The Labute approximate surface area is 186 Å². The summed E-state index contributed by atoms with van der Waals surface area (Å²) in [4.78, 5) is 14.6. The number of sulfonamides is 1.